The number of carbonyl (C=O) groups is 1. The van der Waals surface area contributed by atoms with Crippen molar-refractivity contribution in [2.45, 2.75) is 13.3 Å². The van der Waals surface area contributed by atoms with Crippen LogP contribution >= 0.6 is 11.3 Å². The molecule has 0 spiro atoms. The summed E-state index contributed by atoms with van der Waals surface area (Å²) < 4.78 is 23.8. The van der Waals surface area contributed by atoms with Crippen LogP contribution in [-0.2, 0) is 16.6 Å². The van der Waals surface area contributed by atoms with E-state index in [0.29, 0.717) is 25.2 Å². The van der Waals surface area contributed by atoms with E-state index in [1.807, 2.05) is 6.92 Å². The lowest BCUT2D eigenvalue weighted by atomic mass is 10.1. The van der Waals surface area contributed by atoms with Crippen molar-refractivity contribution in [2.24, 2.45) is 5.14 Å². The van der Waals surface area contributed by atoms with Crippen LogP contribution in [-0.4, -0.2) is 54.7 Å². The standard InChI is InChI=1S/C16H20N4O3S2/c1-12-2-4-13(5-3-12)10-15-18-14(11-24-15)16(21)19-6-8-20(9-7-19)25(17,22)23/h2-5,11H,6-10H2,1H3,(H2,17,22,23). The molecule has 2 heterocycles. The number of benzene rings is 1. The number of thiazole rings is 1. The molecule has 1 amide bonds. The topological polar surface area (TPSA) is 96.6 Å². The molecule has 9 heteroatoms. The van der Waals surface area contributed by atoms with Gasteiger partial charge in [-0.05, 0) is 12.5 Å². The Balaban J connectivity index is 1.62. The molecule has 1 aromatic carbocycles. The largest absolute Gasteiger partial charge is 0.335 e. The molecule has 0 radical (unpaired) electrons. The van der Waals surface area contributed by atoms with E-state index in [1.165, 1.54) is 21.2 Å². The molecule has 2 N–H and O–H groups in total. The van der Waals surface area contributed by atoms with Crippen molar-refractivity contribution >= 4 is 27.5 Å². The molecule has 1 aliphatic heterocycles. The smallest absolute Gasteiger partial charge is 0.277 e. The number of nitrogens with two attached hydrogens (primary N) is 1. The maximum Gasteiger partial charge on any atom is 0.277 e. The van der Waals surface area contributed by atoms with Gasteiger partial charge in [0.25, 0.3) is 16.1 Å². The van der Waals surface area contributed by atoms with Crippen LogP contribution in [0.1, 0.15) is 26.6 Å². The average Bonchev–Trinajstić information content (AvgIpc) is 3.04. The lowest BCUT2D eigenvalue weighted by molar-refractivity contribution is 0.0692. The number of piperazine rings is 1. The lowest BCUT2D eigenvalue weighted by Gasteiger charge is -2.32. The van der Waals surface area contributed by atoms with Gasteiger partial charge in [0.2, 0.25) is 0 Å². The van der Waals surface area contributed by atoms with Crippen molar-refractivity contribution < 1.29 is 13.2 Å². The molecule has 3 rings (SSSR count). The number of rotatable bonds is 4. The summed E-state index contributed by atoms with van der Waals surface area (Å²) in [5.41, 5.74) is 2.77. The Labute approximate surface area is 151 Å². The summed E-state index contributed by atoms with van der Waals surface area (Å²) in [4.78, 5) is 18.6. The molecule has 134 valence electrons. The van der Waals surface area contributed by atoms with Crippen LogP contribution in [0.3, 0.4) is 0 Å². The molecular weight excluding hydrogens is 360 g/mol. The minimum atomic E-state index is -3.69. The van der Waals surface area contributed by atoms with Gasteiger partial charge in [0.15, 0.2) is 0 Å². The Bertz CT molecular complexity index is 854. The number of hydrogen-bond acceptors (Lipinski definition) is 5. The third-order valence-corrected chi connectivity index (χ3v) is 6.07. The van der Waals surface area contributed by atoms with Crippen LogP contribution in [0.25, 0.3) is 0 Å². The third kappa shape index (κ3) is 4.43. The Morgan fingerprint density at radius 3 is 2.44 bits per heavy atom. The van der Waals surface area contributed by atoms with E-state index in [-0.39, 0.29) is 19.0 Å². The molecule has 7 nitrogen and oxygen atoms in total. The zero-order chi connectivity index (χ0) is 18.0. The first kappa shape index (κ1) is 18.0. The highest BCUT2D eigenvalue weighted by Gasteiger charge is 2.27. The Kier molecular flexibility index (Phi) is 5.19. The van der Waals surface area contributed by atoms with Gasteiger partial charge in [-0.25, -0.2) is 10.1 Å². The number of carbonyl (C=O) groups excluding carboxylic acids is 1. The van der Waals surface area contributed by atoms with Gasteiger partial charge in [0, 0.05) is 38.0 Å². The highest BCUT2D eigenvalue weighted by Crippen LogP contribution is 2.17. The maximum atomic E-state index is 12.5. The highest BCUT2D eigenvalue weighted by atomic mass is 32.2. The molecule has 0 saturated carbocycles. The summed E-state index contributed by atoms with van der Waals surface area (Å²) in [7, 11) is -3.69. The average molecular weight is 380 g/mol. The van der Waals surface area contributed by atoms with Gasteiger partial charge in [0.1, 0.15) is 5.69 Å². The SMILES string of the molecule is Cc1ccc(Cc2nc(C(=O)N3CCN(S(N)(=O)=O)CC3)cs2)cc1. The predicted octanol–water partition coefficient (Wildman–Crippen LogP) is 1.00. The fraction of sp³-hybridized carbons (Fsp3) is 0.375. The molecule has 0 unspecified atom stereocenters. The summed E-state index contributed by atoms with van der Waals surface area (Å²) in [5.74, 6) is -0.166. The number of aryl methyl sites for hydroxylation is 1. The molecule has 1 fully saturated rings. The molecule has 0 aliphatic carbocycles. The molecule has 0 bridgehead atoms. The molecular formula is C16H20N4O3S2. The van der Waals surface area contributed by atoms with E-state index in [1.54, 1.807) is 10.3 Å². The maximum absolute atomic E-state index is 12.5. The van der Waals surface area contributed by atoms with Gasteiger partial charge >= 0.3 is 0 Å². The van der Waals surface area contributed by atoms with Gasteiger partial charge in [0.05, 0.1) is 5.01 Å². The van der Waals surface area contributed by atoms with Crippen LogP contribution in [0, 0.1) is 6.92 Å². The zero-order valence-electron chi connectivity index (χ0n) is 13.9. The Morgan fingerprint density at radius 1 is 1.20 bits per heavy atom. The minimum absolute atomic E-state index is 0.166. The Hall–Kier alpha value is -1.81. The zero-order valence-corrected chi connectivity index (χ0v) is 15.5. The summed E-state index contributed by atoms with van der Waals surface area (Å²) in [6, 6.07) is 8.23. The van der Waals surface area contributed by atoms with E-state index in [2.05, 4.69) is 29.2 Å². The summed E-state index contributed by atoms with van der Waals surface area (Å²) in [6.07, 6.45) is 0.692. The van der Waals surface area contributed by atoms with Gasteiger partial charge in [-0.1, -0.05) is 29.8 Å². The van der Waals surface area contributed by atoms with Crippen LogP contribution in [0.2, 0.25) is 0 Å². The molecule has 25 heavy (non-hydrogen) atoms. The van der Waals surface area contributed by atoms with Crippen molar-refractivity contribution in [1.82, 2.24) is 14.2 Å². The van der Waals surface area contributed by atoms with E-state index in [4.69, 9.17) is 5.14 Å². The molecule has 1 saturated heterocycles. The Morgan fingerprint density at radius 2 is 1.84 bits per heavy atom. The summed E-state index contributed by atoms with van der Waals surface area (Å²) in [6.45, 7) is 3.11. The van der Waals surface area contributed by atoms with Gasteiger partial charge < -0.3 is 4.90 Å². The fourth-order valence-electron chi connectivity index (χ4n) is 2.68. The van der Waals surface area contributed by atoms with Crippen LogP contribution < -0.4 is 5.14 Å². The van der Waals surface area contributed by atoms with E-state index in [9.17, 15) is 13.2 Å². The third-order valence-electron chi connectivity index (χ3n) is 4.13. The first-order valence-electron chi connectivity index (χ1n) is 7.90. The van der Waals surface area contributed by atoms with Crippen molar-refractivity contribution in [3.63, 3.8) is 0 Å². The van der Waals surface area contributed by atoms with Crippen molar-refractivity contribution in [3.8, 4) is 0 Å². The van der Waals surface area contributed by atoms with E-state index >= 15 is 0 Å². The van der Waals surface area contributed by atoms with Crippen LogP contribution in [0.15, 0.2) is 29.6 Å². The van der Waals surface area contributed by atoms with Crippen molar-refractivity contribution in [1.29, 1.82) is 0 Å². The first-order valence-corrected chi connectivity index (χ1v) is 10.3. The second-order valence-corrected chi connectivity index (χ2v) is 8.51. The second kappa shape index (κ2) is 7.20. The van der Waals surface area contributed by atoms with Gasteiger partial charge in [-0.2, -0.15) is 12.7 Å². The number of hydrogen-bond donors (Lipinski definition) is 1. The number of nitrogens with zero attached hydrogens (tertiary/aromatic N) is 3. The summed E-state index contributed by atoms with van der Waals surface area (Å²) >= 11 is 1.46. The summed E-state index contributed by atoms with van der Waals surface area (Å²) in [5, 5.41) is 7.76. The van der Waals surface area contributed by atoms with Gasteiger partial charge in [-0.15, -0.1) is 11.3 Å². The molecule has 0 atom stereocenters. The number of amides is 1. The van der Waals surface area contributed by atoms with Crippen molar-refractivity contribution in [3.05, 3.63) is 51.5 Å². The normalized spacial score (nSPS) is 16.2. The highest BCUT2D eigenvalue weighted by molar-refractivity contribution is 7.86. The molecule has 2 aromatic rings. The first-order chi connectivity index (χ1) is 11.8. The minimum Gasteiger partial charge on any atom is -0.335 e. The number of aromatic nitrogens is 1. The quantitative estimate of drug-likeness (QED) is 0.856. The van der Waals surface area contributed by atoms with Gasteiger partial charge in [-0.3, -0.25) is 4.79 Å². The fourth-order valence-corrected chi connectivity index (χ4v) is 4.15. The monoisotopic (exact) mass is 380 g/mol. The predicted molar refractivity (Wildman–Crippen MR) is 96.7 cm³/mol. The van der Waals surface area contributed by atoms with Crippen molar-refractivity contribution in [2.75, 3.05) is 26.2 Å². The van der Waals surface area contributed by atoms with Crippen LogP contribution in [0.5, 0.6) is 0 Å². The van der Waals surface area contributed by atoms with E-state index in [0.717, 1.165) is 10.6 Å². The van der Waals surface area contributed by atoms with E-state index < -0.39 is 10.2 Å². The molecule has 1 aliphatic rings. The second-order valence-electron chi connectivity index (χ2n) is 6.03. The van der Waals surface area contributed by atoms with Crippen LogP contribution in [0.4, 0.5) is 0 Å². The lowest BCUT2D eigenvalue weighted by Crippen LogP contribution is -2.52. The molecule has 1 aromatic heterocycles.